The number of ether oxygens (including phenoxy) is 2. The van der Waals surface area contributed by atoms with Gasteiger partial charge < -0.3 is 14.8 Å². The first-order chi connectivity index (χ1) is 14.4. The van der Waals surface area contributed by atoms with Gasteiger partial charge in [0.15, 0.2) is 3.68 Å². The quantitative estimate of drug-likeness (QED) is 0.332. The highest BCUT2D eigenvalue weighted by atomic mass is 127. The Balaban J connectivity index is 2.74. The summed E-state index contributed by atoms with van der Waals surface area (Å²) in [5.41, 5.74) is -2.71. The monoisotopic (exact) mass is 543 g/mol. The van der Waals surface area contributed by atoms with Gasteiger partial charge in [0.1, 0.15) is 40.8 Å². The van der Waals surface area contributed by atoms with Gasteiger partial charge in [-0.2, -0.15) is 10.5 Å². The number of carbonyl (C=O) groups excluding carboxylic acids is 1. The van der Waals surface area contributed by atoms with Gasteiger partial charge in [-0.15, -0.1) is 0 Å². The molecule has 1 amide bonds. The number of nitrogens with zero attached hydrogens (tertiary/aromatic N) is 2. The fraction of sp³-hybridized carbons (Fsp3) is 0.455. The smallest absolute Gasteiger partial charge is 0.408 e. The van der Waals surface area contributed by atoms with Crippen LogP contribution in [0.3, 0.4) is 0 Å². The Hall–Kier alpha value is -2.37. The number of allylic oxidation sites excluding steroid dienone is 1. The zero-order valence-electron chi connectivity index (χ0n) is 17.7. The van der Waals surface area contributed by atoms with Crippen LogP contribution in [0.4, 0.5) is 13.6 Å². The first-order valence-electron chi connectivity index (χ1n) is 9.38. The molecule has 0 bridgehead atoms. The predicted octanol–water partition coefficient (Wildman–Crippen LogP) is 4.62. The van der Waals surface area contributed by atoms with Gasteiger partial charge in [0.2, 0.25) is 0 Å². The van der Waals surface area contributed by atoms with Crippen molar-refractivity contribution in [3.8, 4) is 12.1 Å². The average Bonchev–Trinajstić information content (AvgIpc) is 3.04. The summed E-state index contributed by atoms with van der Waals surface area (Å²) < 4.78 is 43.4. The van der Waals surface area contributed by atoms with Crippen LogP contribution in [-0.4, -0.2) is 32.6 Å². The molecule has 1 heterocycles. The first kappa shape index (κ1) is 24.9. The van der Waals surface area contributed by atoms with E-state index in [1.807, 2.05) is 0 Å². The van der Waals surface area contributed by atoms with Crippen molar-refractivity contribution in [3.05, 3.63) is 47.3 Å². The Bertz CT molecular complexity index is 959. The molecule has 1 saturated heterocycles. The van der Waals surface area contributed by atoms with E-state index in [-0.39, 0.29) is 17.7 Å². The molecule has 0 saturated carbocycles. The molecule has 1 aromatic rings. The normalized spacial score (nSPS) is 24.9. The maximum atomic E-state index is 15.4. The number of benzene rings is 1. The van der Waals surface area contributed by atoms with E-state index in [0.717, 1.165) is 0 Å². The molecule has 1 fully saturated rings. The number of alkyl halides is 2. The SMILES string of the molecule is C=IC(C)(F)[C@H]1OC[C@@](NC(=O)OC(C)(C)C)(c2ccccc2F)[C@@H]1C=C(C#N)C#N. The molecule has 1 N–H and O–H groups in total. The number of halogens is 3. The largest absolute Gasteiger partial charge is 0.444 e. The molecule has 6 nitrogen and oxygen atoms in total. The molecule has 1 aliphatic rings. The number of nitrogens with one attached hydrogen (secondary N) is 1. The number of hydrogen-bond acceptors (Lipinski definition) is 5. The molecular weight excluding hydrogens is 519 g/mol. The summed E-state index contributed by atoms with van der Waals surface area (Å²) in [6, 6.07) is 9.20. The zero-order valence-corrected chi connectivity index (χ0v) is 19.9. The molecule has 0 radical (unpaired) electrons. The third-order valence-electron chi connectivity index (χ3n) is 4.81. The van der Waals surface area contributed by atoms with Gasteiger partial charge in [0.25, 0.3) is 0 Å². The Morgan fingerprint density at radius 1 is 1.35 bits per heavy atom. The van der Waals surface area contributed by atoms with Crippen molar-refractivity contribution in [3.63, 3.8) is 0 Å². The number of carbonyl (C=O) groups is 1. The average molecular weight is 543 g/mol. The van der Waals surface area contributed by atoms with Crippen LogP contribution in [0.1, 0.15) is 33.3 Å². The molecule has 1 aliphatic heterocycles. The van der Waals surface area contributed by atoms with Crippen LogP contribution in [-0.2, 0) is 15.0 Å². The van der Waals surface area contributed by atoms with Gasteiger partial charge in [0, 0.05) is 11.5 Å². The Kier molecular flexibility index (Phi) is 7.56. The zero-order chi connectivity index (χ0) is 23.4. The minimum absolute atomic E-state index is 0.0397. The van der Waals surface area contributed by atoms with Gasteiger partial charge in [-0.25, -0.2) is 13.6 Å². The fourth-order valence-electron chi connectivity index (χ4n) is 3.48. The summed E-state index contributed by atoms with van der Waals surface area (Å²) in [4.78, 5) is 12.7. The van der Waals surface area contributed by atoms with Gasteiger partial charge >= 0.3 is 6.09 Å². The molecular formula is C22H24F2IN3O3. The minimum atomic E-state index is -1.88. The summed E-state index contributed by atoms with van der Waals surface area (Å²) in [5, 5.41) is 21.3. The van der Waals surface area contributed by atoms with Crippen molar-refractivity contribution in [1.82, 2.24) is 5.32 Å². The van der Waals surface area contributed by atoms with E-state index in [4.69, 9.17) is 9.47 Å². The standard InChI is InChI=1S/C22H24F2IN3O3/c1-20(2,3)31-19(29)28-22(15-8-6-7-9-17(15)23)13-30-18(21(4,24)25-5)16(22)10-14(11-26)12-27/h6-10,16,18H,5,13H2,1-4H3,(H,28,29)/t16-,18+,21?,22-/m1/s1. The lowest BCUT2D eigenvalue weighted by Crippen LogP contribution is -2.54. The molecule has 166 valence electrons. The summed E-state index contributed by atoms with van der Waals surface area (Å²) in [6.07, 6.45) is -0.790. The molecule has 0 aliphatic carbocycles. The van der Waals surface area contributed by atoms with Gasteiger partial charge in [-0.05, 0) is 39.8 Å². The second-order valence-electron chi connectivity index (χ2n) is 8.23. The minimum Gasteiger partial charge on any atom is -0.444 e. The molecule has 1 unspecified atom stereocenters. The highest BCUT2D eigenvalue weighted by Crippen LogP contribution is 2.49. The van der Waals surface area contributed by atoms with Gasteiger partial charge in [-0.3, -0.25) is 0 Å². The van der Waals surface area contributed by atoms with Crippen LogP contribution in [0.2, 0.25) is 0 Å². The number of alkyl carbamates (subject to hydrolysis) is 1. The number of hydrogen-bond donors (Lipinski definition) is 1. The van der Waals surface area contributed by atoms with Crippen LogP contribution in [0.15, 0.2) is 35.9 Å². The van der Waals surface area contributed by atoms with Crippen molar-refractivity contribution in [2.75, 3.05) is 6.61 Å². The number of rotatable bonds is 5. The van der Waals surface area contributed by atoms with Crippen molar-refractivity contribution >= 4 is 31.3 Å². The van der Waals surface area contributed by atoms with E-state index in [1.165, 1.54) is 31.2 Å². The third-order valence-corrected chi connectivity index (χ3v) is 6.92. The van der Waals surface area contributed by atoms with E-state index in [9.17, 15) is 19.7 Å². The topological polar surface area (TPSA) is 95.1 Å². The maximum Gasteiger partial charge on any atom is 0.408 e. The van der Waals surface area contributed by atoms with Crippen molar-refractivity contribution in [1.29, 1.82) is 10.5 Å². The van der Waals surface area contributed by atoms with E-state index in [2.05, 4.69) is 9.83 Å². The van der Waals surface area contributed by atoms with Crippen molar-refractivity contribution in [2.24, 2.45) is 5.92 Å². The molecule has 1 aromatic carbocycles. The van der Waals surface area contributed by atoms with Gasteiger partial charge in [0.05, 0.1) is 6.61 Å². The van der Waals surface area contributed by atoms with E-state index in [1.54, 1.807) is 39.0 Å². The second kappa shape index (κ2) is 9.41. The Labute approximate surface area is 190 Å². The molecule has 31 heavy (non-hydrogen) atoms. The van der Waals surface area contributed by atoms with E-state index in [0.29, 0.717) is 0 Å². The van der Waals surface area contributed by atoms with Crippen molar-refractivity contribution in [2.45, 2.75) is 48.6 Å². The Morgan fingerprint density at radius 2 is 1.97 bits per heavy atom. The first-order valence-corrected chi connectivity index (χ1v) is 12.0. The Morgan fingerprint density at radius 3 is 2.48 bits per heavy atom. The fourth-order valence-corrected chi connectivity index (χ4v) is 4.48. The molecule has 0 aromatic heterocycles. The lowest BCUT2D eigenvalue weighted by Gasteiger charge is -2.37. The summed E-state index contributed by atoms with van der Waals surface area (Å²) in [6.45, 7) is 6.05. The van der Waals surface area contributed by atoms with E-state index < -0.39 is 59.5 Å². The molecule has 4 atom stereocenters. The molecule has 2 rings (SSSR count). The second-order valence-corrected chi connectivity index (χ2v) is 11.1. The third kappa shape index (κ3) is 5.46. The van der Waals surface area contributed by atoms with Crippen LogP contribution in [0.5, 0.6) is 0 Å². The highest BCUT2D eigenvalue weighted by molar-refractivity contribution is 14.2. The van der Waals surface area contributed by atoms with Crippen LogP contribution >= 0.6 is 20.7 Å². The summed E-state index contributed by atoms with van der Waals surface area (Å²) in [5.74, 6) is -1.72. The molecule has 9 heteroatoms. The van der Waals surface area contributed by atoms with E-state index >= 15 is 4.39 Å². The summed E-state index contributed by atoms with van der Waals surface area (Å²) in [7, 11) is 0. The lowest BCUT2D eigenvalue weighted by molar-refractivity contribution is 0.0287. The van der Waals surface area contributed by atoms with Gasteiger partial charge in [-0.1, -0.05) is 43.4 Å². The lowest BCUT2D eigenvalue weighted by atomic mass is 9.75. The van der Waals surface area contributed by atoms with Crippen LogP contribution in [0.25, 0.3) is 0 Å². The highest BCUT2D eigenvalue weighted by Gasteiger charge is 2.58. The van der Waals surface area contributed by atoms with Crippen molar-refractivity contribution < 1.29 is 23.0 Å². The van der Waals surface area contributed by atoms with Crippen LogP contribution in [0, 0.1) is 34.4 Å². The molecule has 0 spiro atoms. The maximum absolute atomic E-state index is 15.4. The van der Waals surface area contributed by atoms with Crippen LogP contribution < -0.4 is 5.32 Å². The number of nitriles is 2. The predicted molar refractivity (Wildman–Crippen MR) is 121 cm³/mol. The number of amides is 1. The summed E-state index contributed by atoms with van der Waals surface area (Å²) >= 11 is -1.25.